The molecule has 1 unspecified atom stereocenters. The number of carboxylic acid groups (broad SMARTS) is 1. The zero-order chi connectivity index (χ0) is 29.5. The first kappa shape index (κ1) is 28.5. The highest BCUT2D eigenvalue weighted by Gasteiger charge is 2.25. The van der Waals surface area contributed by atoms with Crippen LogP contribution in [0.25, 0.3) is 22.2 Å². The van der Waals surface area contributed by atoms with Crippen LogP contribution in [-0.2, 0) is 11.2 Å². The second kappa shape index (κ2) is 13.1. The fourth-order valence-corrected chi connectivity index (χ4v) is 5.69. The van der Waals surface area contributed by atoms with Crippen LogP contribution in [0.5, 0.6) is 0 Å². The van der Waals surface area contributed by atoms with Gasteiger partial charge in [0, 0.05) is 22.3 Å². The number of nitriles is 1. The quantitative estimate of drug-likeness (QED) is 0.165. The number of carboxylic acids is 1. The molecule has 0 aliphatic heterocycles. The Morgan fingerprint density at radius 3 is 2.40 bits per heavy atom. The van der Waals surface area contributed by atoms with Gasteiger partial charge in [-0.05, 0) is 54.8 Å². The molecule has 7 nitrogen and oxygen atoms in total. The molecule has 208 valence electrons. The molecule has 2 N–H and O–H groups in total. The van der Waals surface area contributed by atoms with Crippen molar-refractivity contribution in [2.24, 2.45) is 0 Å². The van der Waals surface area contributed by atoms with Gasteiger partial charge in [0.05, 0.1) is 22.3 Å². The highest BCUT2D eigenvalue weighted by atomic mass is 32.2. The van der Waals surface area contributed by atoms with Gasteiger partial charge in [0.1, 0.15) is 16.3 Å². The fraction of sp³-hybridized carbons (Fsp3) is 0.147. The molecule has 0 aliphatic rings. The van der Waals surface area contributed by atoms with E-state index in [4.69, 9.17) is 4.98 Å². The molecule has 5 rings (SSSR count). The molecule has 42 heavy (non-hydrogen) atoms. The van der Waals surface area contributed by atoms with Crippen LogP contribution in [-0.4, -0.2) is 27.0 Å². The van der Waals surface area contributed by atoms with E-state index in [1.807, 2.05) is 42.5 Å². The minimum absolute atomic E-state index is 0.180. The third-order valence-corrected chi connectivity index (χ3v) is 8.05. The van der Waals surface area contributed by atoms with Gasteiger partial charge in [0.15, 0.2) is 0 Å². The number of aromatic carboxylic acids is 1. The molecular weight excluding hydrogens is 544 g/mol. The number of unbranched alkanes of at least 4 members (excludes halogenated alkanes) is 1. The van der Waals surface area contributed by atoms with Crippen molar-refractivity contribution in [2.45, 2.75) is 36.5 Å². The average Bonchev–Trinajstić information content (AvgIpc) is 3.02. The van der Waals surface area contributed by atoms with Crippen LogP contribution in [0, 0.1) is 11.3 Å². The molecule has 0 saturated heterocycles. The number of carbonyl (C=O) groups excluding carboxylic acids is 1. The van der Waals surface area contributed by atoms with Crippen molar-refractivity contribution in [3.63, 3.8) is 0 Å². The normalized spacial score (nSPS) is 11.5. The summed E-state index contributed by atoms with van der Waals surface area (Å²) in [5, 5.41) is 22.9. The van der Waals surface area contributed by atoms with Crippen LogP contribution < -0.4 is 5.32 Å². The Morgan fingerprint density at radius 1 is 0.952 bits per heavy atom. The Morgan fingerprint density at radius 2 is 1.69 bits per heavy atom. The summed E-state index contributed by atoms with van der Waals surface area (Å²) in [5.74, 6) is -1.27. The second-order valence-corrected chi connectivity index (χ2v) is 10.8. The topological polar surface area (TPSA) is 116 Å². The molecule has 1 amide bonds. The van der Waals surface area contributed by atoms with E-state index in [2.05, 4.69) is 23.3 Å². The van der Waals surface area contributed by atoms with Crippen LogP contribution in [0.1, 0.15) is 52.2 Å². The van der Waals surface area contributed by atoms with Gasteiger partial charge >= 0.3 is 5.97 Å². The first-order chi connectivity index (χ1) is 20.5. The average molecular weight is 573 g/mol. The maximum absolute atomic E-state index is 13.7. The number of fused-ring (bicyclic) bond motifs is 1. The molecule has 0 saturated carbocycles. The van der Waals surface area contributed by atoms with Gasteiger partial charge in [-0.3, -0.25) is 4.79 Å². The lowest BCUT2D eigenvalue weighted by molar-refractivity contribution is -0.115. The third kappa shape index (κ3) is 6.48. The number of aryl methyl sites for hydroxylation is 1. The van der Waals surface area contributed by atoms with Crippen LogP contribution in [0.2, 0.25) is 0 Å². The highest BCUT2D eigenvalue weighted by Crippen LogP contribution is 2.37. The number of hydrogen-bond acceptors (Lipinski definition) is 6. The maximum Gasteiger partial charge on any atom is 0.336 e. The standard InChI is InChI=1S/C34H28N4O3S/c1-2-3-11-25-19-16-24(21-35)33(37-25)42-31(23-9-5-4-6-10-23)32(39)36-26-17-14-22(15-18-26)30-20-28(34(40)41)27-12-7-8-13-29(27)38-30/h4-10,12-20,31H,2-3,11H2,1H3,(H,36,39)(H,40,41). The number of benzene rings is 3. The van der Waals surface area contributed by atoms with Gasteiger partial charge in [-0.25, -0.2) is 14.8 Å². The first-order valence-corrected chi connectivity index (χ1v) is 14.5. The Kier molecular flexibility index (Phi) is 8.90. The lowest BCUT2D eigenvalue weighted by Crippen LogP contribution is -2.19. The summed E-state index contributed by atoms with van der Waals surface area (Å²) in [4.78, 5) is 34.9. The number of amides is 1. The minimum Gasteiger partial charge on any atom is -0.478 e. The molecular formula is C34H28N4O3S. The molecule has 8 heteroatoms. The van der Waals surface area contributed by atoms with Gasteiger partial charge in [-0.2, -0.15) is 5.26 Å². The lowest BCUT2D eigenvalue weighted by atomic mass is 10.0. The van der Waals surface area contributed by atoms with Crippen molar-refractivity contribution in [2.75, 3.05) is 5.32 Å². The van der Waals surface area contributed by atoms with Gasteiger partial charge < -0.3 is 10.4 Å². The van der Waals surface area contributed by atoms with E-state index in [1.165, 1.54) is 11.8 Å². The molecule has 1 atom stereocenters. The summed E-state index contributed by atoms with van der Waals surface area (Å²) in [7, 11) is 0. The molecule has 2 aromatic heterocycles. The minimum atomic E-state index is -1.02. The number of carbonyl (C=O) groups is 2. The molecule has 5 aromatic rings. The SMILES string of the molecule is CCCCc1ccc(C#N)c(SC(C(=O)Nc2ccc(-c3cc(C(=O)O)c4ccccc4n3)cc2)c2ccccc2)n1. The molecule has 0 spiro atoms. The summed E-state index contributed by atoms with van der Waals surface area (Å²) in [5.41, 5.74) is 4.73. The fourth-order valence-electron chi connectivity index (χ4n) is 4.60. The van der Waals surface area contributed by atoms with E-state index in [0.717, 1.165) is 36.1 Å². The van der Waals surface area contributed by atoms with Gasteiger partial charge in [-0.1, -0.05) is 85.8 Å². The largest absolute Gasteiger partial charge is 0.478 e. The van der Waals surface area contributed by atoms with Crippen molar-refractivity contribution in [1.82, 2.24) is 9.97 Å². The second-order valence-electron chi connectivity index (χ2n) is 9.72. The number of para-hydroxylation sites is 1. The zero-order valence-corrected chi connectivity index (χ0v) is 23.8. The number of aromatic nitrogens is 2. The van der Waals surface area contributed by atoms with E-state index < -0.39 is 11.2 Å². The maximum atomic E-state index is 13.7. The predicted molar refractivity (Wildman–Crippen MR) is 165 cm³/mol. The predicted octanol–water partition coefficient (Wildman–Crippen LogP) is 7.68. The van der Waals surface area contributed by atoms with Crippen molar-refractivity contribution in [1.29, 1.82) is 5.26 Å². The molecule has 2 heterocycles. The van der Waals surface area contributed by atoms with Crippen LogP contribution in [0.15, 0.2) is 102 Å². The third-order valence-electron chi connectivity index (χ3n) is 6.79. The van der Waals surface area contributed by atoms with E-state index in [9.17, 15) is 20.0 Å². The van der Waals surface area contributed by atoms with Gasteiger partial charge in [0.25, 0.3) is 0 Å². The Labute approximate surface area is 248 Å². The Balaban J connectivity index is 1.41. The number of pyridine rings is 2. The van der Waals surface area contributed by atoms with Gasteiger partial charge in [0.2, 0.25) is 5.91 Å². The zero-order valence-electron chi connectivity index (χ0n) is 22.9. The summed E-state index contributed by atoms with van der Waals surface area (Å²) in [6.07, 6.45) is 2.84. The van der Waals surface area contributed by atoms with Gasteiger partial charge in [-0.15, -0.1) is 0 Å². The van der Waals surface area contributed by atoms with Crippen LogP contribution >= 0.6 is 11.8 Å². The van der Waals surface area contributed by atoms with Crippen molar-refractivity contribution < 1.29 is 14.7 Å². The number of rotatable bonds is 10. The van der Waals surface area contributed by atoms with Crippen molar-refractivity contribution in [3.8, 4) is 17.3 Å². The van der Waals surface area contributed by atoms with E-state index in [0.29, 0.717) is 32.9 Å². The smallest absolute Gasteiger partial charge is 0.336 e. The molecule has 3 aromatic carbocycles. The summed E-state index contributed by atoms with van der Waals surface area (Å²) in [6.45, 7) is 2.12. The number of nitrogens with one attached hydrogen (secondary N) is 1. The van der Waals surface area contributed by atoms with E-state index in [-0.39, 0.29) is 11.5 Å². The molecule has 0 aliphatic carbocycles. The number of thioether (sulfide) groups is 1. The van der Waals surface area contributed by atoms with E-state index >= 15 is 0 Å². The van der Waals surface area contributed by atoms with Crippen molar-refractivity contribution >= 4 is 40.2 Å². The van der Waals surface area contributed by atoms with Crippen LogP contribution in [0.4, 0.5) is 5.69 Å². The highest BCUT2D eigenvalue weighted by molar-refractivity contribution is 8.00. The Hall–Kier alpha value is -5.00. The van der Waals surface area contributed by atoms with Crippen molar-refractivity contribution in [3.05, 3.63) is 119 Å². The monoisotopic (exact) mass is 572 g/mol. The number of hydrogen-bond donors (Lipinski definition) is 2. The Bertz CT molecular complexity index is 1780. The molecule has 0 radical (unpaired) electrons. The first-order valence-electron chi connectivity index (χ1n) is 13.6. The number of nitrogens with zero attached hydrogens (tertiary/aromatic N) is 3. The summed E-state index contributed by atoms with van der Waals surface area (Å²) in [6, 6.07) is 31.1. The summed E-state index contributed by atoms with van der Waals surface area (Å²) >= 11 is 1.26. The molecule has 0 bridgehead atoms. The molecule has 0 fully saturated rings. The number of anilines is 1. The van der Waals surface area contributed by atoms with E-state index in [1.54, 1.807) is 54.6 Å². The summed E-state index contributed by atoms with van der Waals surface area (Å²) < 4.78 is 0. The van der Waals surface area contributed by atoms with Crippen LogP contribution in [0.3, 0.4) is 0 Å². The lowest BCUT2D eigenvalue weighted by Gasteiger charge is -2.18.